The summed E-state index contributed by atoms with van der Waals surface area (Å²) in [6.07, 6.45) is -1.69. The fourth-order valence-corrected chi connectivity index (χ4v) is 4.80. The average Bonchev–Trinajstić information content (AvgIpc) is 2.94. The number of carbonyl (C=O) groups is 2. The summed E-state index contributed by atoms with van der Waals surface area (Å²) >= 11 is 15.0. The number of benzene rings is 1. The number of carbonyl (C=O) groups excluding carboxylic acids is 1. The summed E-state index contributed by atoms with van der Waals surface area (Å²) in [5, 5.41) is 19.9. The van der Waals surface area contributed by atoms with Crippen molar-refractivity contribution in [3.63, 3.8) is 0 Å². The van der Waals surface area contributed by atoms with Gasteiger partial charge in [-0.2, -0.15) is 5.26 Å². The van der Waals surface area contributed by atoms with E-state index in [2.05, 4.69) is 22.6 Å². The molecule has 0 spiro atoms. The molecule has 11 heteroatoms. The first-order valence-electron chi connectivity index (χ1n) is 9.00. The van der Waals surface area contributed by atoms with Crippen LogP contribution in [0.3, 0.4) is 0 Å². The molecular weight excluding hydrogens is 546 g/mol. The number of carboxylic acid groups (broad SMARTS) is 1. The zero-order chi connectivity index (χ0) is 22.4. The summed E-state index contributed by atoms with van der Waals surface area (Å²) < 4.78 is 8.15. The molecule has 1 aromatic carbocycles. The number of hydrogen-bond acceptors (Lipinski definition) is 4. The van der Waals surface area contributed by atoms with Crippen LogP contribution in [0.5, 0.6) is 0 Å². The molecule has 1 N–H and O–H groups in total. The van der Waals surface area contributed by atoms with E-state index in [0.29, 0.717) is 34.7 Å². The molecule has 0 fully saturated rings. The Hall–Kier alpha value is -1.90. The maximum atomic E-state index is 12.9. The van der Waals surface area contributed by atoms with E-state index in [1.165, 1.54) is 15.9 Å². The summed E-state index contributed by atoms with van der Waals surface area (Å²) in [5.74, 6) is 0. The summed E-state index contributed by atoms with van der Waals surface area (Å²) in [5.41, 5.74) is 0.999. The van der Waals surface area contributed by atoms with Gasteiger partial charge in [0, 0.05) is 22.0 Å². The standard InChI is InChI=1S/C19H19Cl2IN4O4/c1-19(2,3)30-18(29)26(5-4-23)11-8-10(20)14(21)16-13(11)15(22)12-9-24(17(27)28)6-7-25(12)16/h8H,5-7,9H2,1-3H3,(H,27,28). The second-order valence-electron chi connectivity index (χ2n) is 7.76. The molecule has 8 nitrogen and oxygen atoms in total. The maximum Gasteiger partial charge on any atom is 0.415 e. The fraction of sp³-hybridized carbons (Fsp3) is 0.421. The molecular formula is C19H19Cl2IN4O4. The van der Waals surface area contributed by atoms with Crippen LogP contribution in [0.4, 0.5) is 15.3 Å². The van der Waals surface area contributed by atoms with Crippen LogP contribution >= 0.6 is 45.8 Å². The van der Waals surface area contributed by atoms with Crippen LogP contribution in [0.15, 0.2) is 6.07 Å². The zero-order valence-electron chi connectivity index (χ0n) is 16.5. The minimum Gasteiger partial charge on any atom is -0.465 e. The van der Waals surface area contributed by atoms with Crippen LogP contribution in [0, 0.1) is 14.9 Å². The van der Waals surface area contributed by atoms with Gasteiger partial charge in [-0.3, -0.25) is 4.90 Å². The van der Waals surface area contributed by atoms with Gasteiger partial charge in [0.25, 0.3) is 0 Å². The molecule has 160 valence electrons. The highest BCUT2D eigenvalue weighted by atomic mass is 127. The van der Waals surface area contributed by atoms with Gasteiger partial charge in [0.15, 0.2) is 0 Å². The molecule has 3 rings (SSSR count). The molecule has 0 unspecified atom stereocenters. The summed E-state index contributed by atoms with van der Waals surface area (Å²) in [4.78, 5) is 26.9. The normalized spacial score (nSPS) is 13.7. The highest BCUT2D eigenvalue weighted by Gasteiger charge is 2.32. The lowest BCUT2D eigenvalue weighted by Gasteiger charge is -2.27. The van der Waals surface area contributed by atoms with E-state index in [-0.39, 0.29) is 18.1 Å². The van der Waals surface area contributed by atoms with E-state index in [1.54, 1.807) is 20.8 Å². The van der Waals surface area contributed by atoms with Gasteiger partial charge in [-0.05, 0) is 49.4 Å². The maximum absolute atomic E-state index is 12.9. The Kier molecular flexibility index (Phi) is 6.32. The number of halogens is 3. The molecule has 0 atom stereocenters. The van der Waals surface area contributed by atoms with Crippen LogP contribution in [0.1, 0.15) is 26.5 Å². The highest BCUT2D eigenvalue weighted by Crippen LogP contribution is 2.44. The van der Waals surface area contributed by atoms with Crippen LogP contribution in [0.25, 0.3) is 10.9 Å². The van der Waals surface area contributed by atoms with Crippen LogP contribution in [0.2, 0.25) is 10.0 Å². The van der Waals surface area contributed by atoms with Crippen molar-refractivity contribution in [2.24, 2.45) is 0 Å². The predicted octanol–water partition coefficient (Wildman–Crippen LogP) is 5.31. The van der Waals surface area contributed by atoms with Gasteiger partial charge >= 0.3 is 12.2 Å². The van der Waals surface area contributed by atoms with Gasteiger partial charge in [0.05, 0.1) is 39.6 Å². The molecule has 0 saturated heterocycles. The van der Waals surface area contributed by atoms with Crippen molar-refractivity contribution in [1.82, 2.24) is 9.47 Å². The predicted molar refractivity (Wildman–Crippen MR) is 122 cm³/mol. The van der Waals surface area contributed by atoms with Gasteiger partial charge in [-0.25, -0.2) is 9.59 Å². The zero-order valence-corrected chi connectivity index (χ0v) is 20.2. The molecule has 1 aliphatic rings. The molecule has 2 heterocycles. The lowest BCUT2D eigenvalue weighted by molar-refractivity contribution is 0.0585. The average molecular weight is 565 g/mol. The van der Waals surface area contributed by atoms with Crippen molar-refractivity contribution >= 4 is 74.6 Å². The number of rotatable bonds is 2. The smallest absolute Gasteiger partial charge is 0.415 e. The Balaban J connectivity index is 2.25. The van der Waals surface area contributed by atoms with Gasteiger partial charge in [0.1, 0.15) is 12.1 Å². The number of amides is 2. The molecule has 30 heavy (non-hydrogen) atoms. The molecule has 0 bridgehead atoms. The Labute approximate surface area is 197 Å². The van der Waals surface area contributed by atoms with Gasteiger partial charge in [-0.15, -0.1) is 0 Å². The second-order valence-corrected chi connectivity index (χ2v) is 9.62. The monoisotopic (exact) mass is 564 g/mol. The first kappa shape index (κ1) is 22.8. The molecule has 0 radical (unpaired) electrons. The number of anilines is 1. The van der Waals surface area contributed by atoms with Crippen molar-refractivity contribution in [3.05, 3.63) is 25.4 Å². The highest BCUT2D eigenvalue weighted by molar-refractivity contribution is 14.1. The van der Waals surface area contributed by atoms with E-state index < -0.39 is 17.8 Å². The number of hydrogen-bond donors (Lipinski definition) is 1. The third-order valence-electron chi connectivity index (χ3n) is 4.58. The molecule has 0 aliphatic carbocycles. The van der Waals surface area contributed by atoms with E-state index >= 15 is 0 Å². The number of aromatic nitrogens is 1. The SMILES string of the molecule is CC(C)(C)OC(=O)N(CC#N)c1cc(Cl)c(Cl)c2c1c(I)c1n2CCN(C(=O)O)C1. The molecule has 1 aliphatic heterocycles. The minimum atomic E-state index is -1.01. The number of fused-ring (bicyclic) bond motifs is 3. The largest absolute Gasteiger partial charge is 0.465 e. The third-order valence-corrected chi connectivity index (χ3v) is 6.52. The van der Waals surface area contributed by atoms with E-state index in [0.717, 1.165) is 9.26 Å². The van der Waals surface area contributed by atoms with Crippen LogP contribution in [-0.4, -0.2) is 45.5 Å². The summed E-state index contributed by atoms with van der Waals surface area (Å²) in [6.45, 7) is 5.84. The second kappa shape index (κ2) is 8.32. The lowest BCUT2D eigenvalue weighted by atomic mass is 10.2. The number of nitriles is 1. The van der Waals surface area contributed by atoms with Crippen molar-refractivity contribution < 1.29 is 19.4 Å². The Morgan fingerprint density at radius 3 is 2.60 bits per heavy atom. The molecule has 1 aromatic heterocycles. The quantitative estimate of drug-likeness (QED) is 0.393. The first-order chi connectivity index (χ1) is 14.0. The third kappa shape index (κ3) is 4.13. The topological polar surface area (TPSA) is 98.8 Å². The number of nitrogens with zero attached hydrogens (tertiary/aromatic N) is 4. The van der Waals surface area contributed by atoms with Crippen molar-refractivity contribution in [1.29, 1.82) is 5.26 Å². The van der Waals surface area contributed by atoms with E-state index in [4.69, 9.17) is 27.9 Å². The van der Waals surface area contributed by atoms with Gasteiger partial charge in [0.2, 0.25) is 0 Å². The van der Waals surface area contributed by atoms with Crippen molar-refractivity contribution in [2.75, 3.05) is 18.0 Å². The minimum absolute atomic E-state index is 0.181. The lowest BCUT2D eigenvalue weighted by Crippen LogP contribution is -2.37. The Bertz CT molecular complexity index is 1090. The summed E-state index contributed by atoms with van der Waals surface area (Å²) in [7, 11) is 0. The van der Waals surface area contributed by atoms with Crippen molar-refractivity contribution in [2.45, 2.75) is 39.5 Å². The molecule has 2 amide bonds. The summed E-state index contributed by atoms with van der Waals surface area (Å²) in [6, 6.07) is 3.53. The van der Waals surface area contributed by atoms with E-state index in [1.807, 2.05) is 10.6 Å². The Morgan fingerprint density at radius 2 is 2.03 bits per heavy atom. The number of ether oxygens (including phenoxy) is 1. The van der Waals surface area contributed by atoms with Gasteiger partial charge < -0.3 is 19.3 Å². The van der Waals surface area contributed by atoms with Crippen molar-refractivity contribution in [3.8, 4) is 6.07 Å². The van der Waals surface area contributed by atoms with E-state index in [9.17, 15) is 20.0 Å². The van der Waals surface area contributed by atoms with Crippen LogP contribution in [-0.2, 0) is 17.8 Å². The first-order valence-corrected chi connectivity index (χ1v) is 10.8. The fourth-order valence-electron chi connectivity index (χ4n) is 3.36. The molecule has 2 aromatic rings. The van der Waals surface area contributed by atoms with Crippen LogP contribution < -0.4 is 4.90 Å². The van der Waals surface area contributed by atoms with Gasteiger partial charge in [-0.1, -0.05) is 23.2 Å². The molecule has 0 saturated carbocycles. The Morgan fingerprint density at radius 1 is 1.37 bits per heavy atom.